The lowest BCUT2D eigenvalue weighted by Gasteiger charge is -2.29. The molecule has 2 saturated heterocycles. The normalized spacial score (nSPS) is 20.5. The van der Waals surface area contributed by atoms with Crippen LogP contribution in [0.4, 0.5) is 18.9 Å². The van der Waals surface area contributed by atoms with Crippen LogP contribution in [0.15, 0.2) is 36.4 Å². The zero-order valence-electron chi connectivity index (χ0n) is 15.9. The van der Waals surface area contributed by atoms with E-state index in [1.54, 1.807) is 0 Å². The first kappa shape index (κ1) is 20.7. The molecule has 9 heteroatoms. The molecule has 2 aromatic rings. The number of piperidine rings is 1. The molecule has 2 aliphatic heterocycles. The fraction of sp³-hybridized carbons (Fsp3) is 0.333. The number of epoxide rings is 1. The average molecular weight is 439 g/mol. The first-order valence-corrected chi connectivity index (χ1v) is 9.75. The highest BCUT2D eigenvalue weighted by Crippen LogP contribution is 2.38. The third-order valence-electron chi connectivity index (χ3n) is 5.31. The number of benzene rings is 2. The third kappa shape index (κ3) is 3.89. The summed E-state index contributed by atoms with van der Waals surface area (Å²) in [6, 6.07) is 7.31. The number of ether oxygens (including phenoxy) is 1. The monoisotopic (exact) mass is 438 g/mol. The molecule has 2 unspecified atom stereocenters. The lowest BCUT2D eigenvalue weighted by Crippen LogP contribution is -2.46. The molecule has 2 amide bonds. The number of likely N-dealkylation sites (tertiary alicyclic amines) is 1. The van der Waals surface area contributed by atoms with E-state index in [1.165, 1.54) is 31.2 Å². The SMILES string of the molecule is Cc1cc(NC(=O)c2ccc(Cl)c(C(F)(F)C(=O)N3CCC4OC4C3)c2)ccc1F. The molecule has 158 valence electrons. The Kier molecular flexibility index (Phi) is 5.23. The van der Waals surface area contributed by atoms with E-state index in [0.717, 1.165) is 17.0 Å². The molecule has 0 radical (unpaired) electrons. The van der Waals surface area contributed by atoms with Crippen LogP contribution < -0.4 is 5.32 Å². The number of hydrogen-bond acceptors (Lipinski definition) is 3. The van der Waals surface area contributed by atoms with Crippen molar-refractivity contribution in [2.45, 2.75) is 31.5 Å². The van der Waals surface area contributed by atoms with Crippen LogP contribution in [0.25, 0.3) is 0 Å². The summed E-state index contributed by atoms with van der Waals surface area (Å²) in [5.41, 5.74) is -0.209. The molecule has 2 heterocycles. The van der Waals surface area contributed by atoms with Gasteiger partial charge in [0.1, 0.15) is 11.9 Å². The maximum Gasteiger partial charge on any atom is 0.351 e. The van der Waals surface area contributed by atoms with Crippen LogP contribution in [0, 0.1) is 12.7 Å². The van der Waals surface area contributed by atoms with Crippen molar-refractivity contribution >= 4 is 29.1 Å². The first-order chi connectivity index (χ1) is 14.2. The van der Waals surface area contributed by atoms with Gasteiger partial charge in [0.25, 0.3) is 11.8 Å². The Bertz CT molecular complexity index is 1030. The number of alkyl halides is 2. The predicted molar refractivity (Wildman–Crippen MR) is 104 cm³/mol. The van der Waals surface area contributed by atoms with E-state index in [1.807, 2.05) is 0 Å². The summed E-state index contributed by atoms with van der Waals surface area (Å²) in [5.74, 6) is -6.39. The number of hydrogen-bond donors (Lipinski definition) is 1. The van der Waals surface area contributed by atoms with Gasteiger partial charge in [-0.05, 0) is 55.3 Å². The molecule has 0 aliphatic carbocycles. The van der Waals surface area contributed by atoms with Gasteiger partial charge < -0.3 is 15.0 Å². The summed E-state index contributed by atoms with van der Waals surface area (Å²) in [7, 11) is 0. The number of carbonyl (C=O) groups excluding carboxylic acids is 2. The smallest absolute Gasteiger partial charge is 0.351 e. The lowest BCUT2D eigenvalue weighted by molar-refractivity contribution is -0.159. The number of rotatable bonds is 4. The van der Waals surface area contributed by atoms with E-state index in [-0.39, 0.29) is 35.9 Å². The van der Waals surface area contributed by atoms with Gasteiger partial charge in [0.2, 0.25) is 0 Å². The second kappa shape index (κ2) is 7.59. The minimum atomic E-state index is -3.90. The van der Waals surface area contributed by atoms with Crippen LogP contribution in [-0.2, 0) is 15.5 Å². The summed E-state index contributed by atoms with van der Waals surface area (Å²) in [6.45, 7) is 1.82. The van der Waals surface area contributed by atoms with Crippen LogP contribution in [0.5, 0.6) is 0 Å². The Morgan fingerprint density at radius 3 is 2.67 bits per heavy atom. The molecule has 0 saturated carbocycles. The van der Waals surface area contributed by atoms with Crippen LogP contribution >= 0.6 is 11.6 Å². The van der Waals surface area contributed by atoms with Crippen molar-refractivity contribution in [2.75, 3.05) is 18.4 Å². The summed E-state index contributed by atoms with van der Waals surface area (Å²) in [6.07, 6.45) is 0.373. The second-order valence-electron chi connectivity index (χ2n) is 7.44. The largest absolute Gasteiger partial charge is 0.368 e. The number of amides is 2. The van der Waals surface area contributed by atoms with Crippen LogP contribution in [-0.4, -0.2) is 42.0 Å². The number of anilines is 1. The van der Waals surface area contributed by atoms with Crippen molar-refractivity contribution in [1.29, 1.82) is 0 Å². The highest BCUT2D eigenvalue weighted by Gasteiger charge is 2.51. The highest BCUT2D eigenvalue weighted by molar-refractivity contribution is 6.32. The van der Waals surface area contributed by atoms with Gasteiger partial charge in [-0.1, -0.05) is 11.6 Å². The summed E-state index contributed by atoms with van der Waals surface area (Å²) in [5, 5.41) is 2.20. The fourth-order valence-corrected chi connectivity index (χ4v) is 3.75. The van der Waals surface area contributed by atoms with Gasteiger partial charge in [0.15, 0.2) is 0 Å². The van der Waals surface area contributed by atoms with Crippen molar-refractivity contribution in [3.63, 3.8) is 0 Å². The summed E-state index contributed by atoms with van der Waals surface area (Å²) >= 11 is 5.95. The number of carbonyl (C=O) groups is 2. The lowest BCUT2D eigenvalue weighted by atomic mass is 10.0. The number of nitrogens with one attached hydrogen (secondary N) is 1. The van der Waals surface area contributed by atoms with Gasteiger partial charge in [-0.15, -0.1) is 0 Å². The van der Waals surface area contributed by atoms with E-state index in [2.05, 4.69) is 5.32 Å². The van der Waals surface area contributed by atoms with Gasteiger partial charge in [0.05, 0.1) is 16.7 Å². The number of fused-ring (bicyclic) bond motifs is 1. The molecule has 2 aliphatic rings. The molecule has 30 heavy (non-hydrogen) atoms. The van der Waals surface area contributed by atoms with Crippen LogP contribution in [0.3, 0.4) is 0 Å². The van der Waals surface area contributed by atoms with Crippen molar-refractivity contribution in [1.82, 2.24) is 4.90 Å². The minimum Gasteiger partial charge on any atom is -0.368 e. The molecule has 0 spiro atoms. The van der Waals surface area contributed by atoms with Gasteiger partial charge >= 0.3 is 5.92 Å². The number of aryl methyl sites for hydroxylation is 1. The number of nitrogens with zero attached hydrogens (tertiary/aromatic N) is 1. The van der Waals surface area contributed by atoms with Gasteiger partial charge in [0, 0.05) is 24.3 Å². The Morgan fingerprint density at radius 2 is 1.97 bits per heavy atom. The maximum atomic E-state index is 15.0. The minimum absolute atomic E-state index is 0.0494. The maximum absolute atomic E-state index is 15.0. The summed E-state index contributed by atoms with van der Waals surface area (Å²) < 4.78 is 48.7. The topological polar surface area (TPSA) is 61.9 Å². The number of halogens is 4. The molecular formula is C21H18ClF3N2O3. The Labute approximate surface area is 175 Å². The fourth-order valence-electron chi connectivity index (χ4n) is 3.52. The van der Waals surface area contributed by atoms with Gasteiger partial charge in [-0.3, -0.25) is 9.59 Å². The van der Waals surface area contributed by atoms with E-state index in [4.69, 9.17) is 16.3 Å². The van der Waals surface area contributed by atoms with Crippen molar-refractivity contribution < 1.29 is 27.5 Å². The molecule has 1 N–H and O–H groups in total. The van der Waals surface area contributed by atoms with E-state index in [9.17, 15) is 14.0 Å². The van der Waals surface area contributed by atoms with Crippen molar-refractivity contribution in [2.24, 2.45) is 0 Å². The molecule has 2 fully saturated rings. The Balaban J connectivity index is 1.56. The quantitative estimate of drug-likeness (QED) is 0.730. The van der Waals surface area contributed by atoms with E-state index >= 15 is 8.78 Å². The van der Waals surface area contributed by atoms with Crippen LogP contribution in [0.2, 0.25) is 5.02 Å². The molecule has 4 rings (SSSR count). The third-order valence-corrected chi connectivity index (χ3v) is 5.64. The molecule has 0 bridgehead atoms. The molecular weight excluding hydrogens is 421 g/mol. The zero-order valence-corrected chi connectivity index (χ0v) is 16.7. The second-order valence-corrected chi connectivity index (χ2v) is 7.85. The highest BCUT2D eigenvalue weighted by atomic mass is 35.5. The molecule has 5 nitrogen and oxygen atoms in total. The van der Waals surface area contributed by atoms with E-state index in [0.29, 0.717) is 17.7 Å². The Morgan fingerprint density at radius 1 is 1.20 bits per heavy atom. The zero-order chi connectivity index (χ0) is 21.6. The van der Waals surface area contributed by atoms with Gasteiger partial charge in [-0.25, -0.2) is 4.39 Å². The van der Waals surface area contributed by atoms with Crippen LogP contribution in [0.1, 0.15) is 27.9 Å². The van der Waals surface area contributed by atoms with Crippen molar-refractivity contribution in [3.8, 4) is 0 Å². The van der Waals surface area contributed by atoms with E-state index < -0.39 is 29.1 Å². The average Bonchev–Trinajstić information content (AvgIpc) is 3.49. The summed E-state index contributed by atoms with van der Waals surface area (Å²) in [4.78, 5) is 26.1. The molecule has 2 atom stereocenters. The first-order valence-electron chi connectivity index (χ1n) is 9.37. The molecule has 2 aromatic carbocycles. The Hall–Kier alpha value is -2.58. The standard InChI is InChI=1S/C21H18ClF3N2O3/c1-11-8-13(3-5-16(11)23)26-19(28)12-2-4-15(22)14(9-12)21(24,25)20(29)27-7-6-17-18(10-27)30-17/h2-5,8-9,17-18H,6-7,10H2,1H3,(H,26,28). The molecule has 0 aromatic heterocycles. The van der Waals surface area contributed by atoms with Crippen molar-refractivity contribution in [3.05, 3.63) is 63.9 Å². The van der Waals surface area contributed by atoms with Gasteiger partial charge in [-0.2, -0.15) is 8.78 Å². The predicted octanol–water partition coefficient (Wildman–Crippen LogP) is 4.13.